The predicted molar refractivity (Wildman–Crippen MR) is 101 cm³/mol. The average Bonchev–Trinajstić information content (AvgIpc) is 3.05. The van der Waals surface area contributed by atoms with Crippen LogP contribution < -0.4 is 5.32 Å². The minimum absolute atomic E-state index is 0. The van der Waals surface area contributed by atoms with Gasteiger partial charge in [-0.05, 0) is 36.8 Å². The van der Waals surface area contributed by atoms with Crippen molar-refractivity contribution in [2.24, 2.45) is 11.8 Å². The lowest BCUT2D eigenvalue weighted by Gasteiger charge is -2.28. The van der Waals surface area contributed by atoms with Gasteiger partial charge in [-0.25, -0.2) is 0 Å². The highest BCUT2D eigenvalue weighted by Crippen LogP contribution is 2.44. The summed E-state index contributed by atoms with van der Waals surface area (Å²) in [7, 11) is 0. The number of carbonyl (C=O) groups excluding carboxylic acids is 1. The Hall–Kier alpha value is -1.85. The van der Waals surface area contributed by atoms with E-state index >= 15 is 0 Å². The molecule has 5 rings (SSSR count). The molecule has 2 saturated heterocycles. The number of aromatic nitrogens is 1. The number of fused-ring (bicyclic) bond motifs is 1. The number of carbonyl (C=O) groups is 1. The molecule has 1 aliphatic carbocycles. The molecule has 0 radical (unpaired) electrons. The van der Waals surface area contributed by atoms with E-state index in [-0.39, 0.29) is 24.4 Å². The Morgan fingerprint density at radius 1 is 1.27 bits per heavy atom. The van der Waals surface area contributed by atoms with Crippen LogP contribution in [0.5, 0.6) is 0 Å². The van der Waals surface area contributed by atoms with E-state index in [0.717, 1.165) is 38.2 Å². The topological polar surface area (TPSA) is 58.4 Å². The molecule has 1 N–H and O–H groups in total. The number of halogens is 1. The Kier molecular flexibility index (Phi) is 4.53. The van der Waals surface area contributed by atoms with E-state index in [1.165, 1.54) is 11.1 Å². The molecule has 1 aromatic heterocycles. The average molecular weight is 374 g/mol. The molecule has 1 aromatic carbocycles. The summed E-state index contributed by atoms with van der Waals surface area (Å²) in [5.41, 5.74) is 3.44. The minimum atomic E-state index is -0.0120. The zero-order chi connectivity index (χ0) is 17.0. The second kappa shape index (κ2) is 6.71. The first-order valence-electron chi connectivity index (χ1n) is 9.26. The number of aryl methyl sites for hydroxylation is 1. The van der Waals surface area contributed by atoms with Crippen molar-refractivity contribution in [3.8, 4) is 0 Å². The molecule has 3 fully saturated rings. The maximum atomic E-state index is 13.2. The van der Waals surface area contributed by atoms with Gasteiger partial charge in [-0.1, -0.05) is 29.4 Å². The van der Waals surface area contributed by atoms with Gasteiger partial charge in [0.25, 0.3) is 5.91 Å². The van der Waals surface area contributed by atoms with Gasteiger partial charge in [-0.3, -0.25) is 4.79 Å². The van der Waals surface area contributed by atoms with Gasteiger partial charge >= 0.3 is 0 Å². The Morgan fingerprint density at radius 3 is 2.85 bits per heavy atom. The third kappa shape index (κ3) is 2.83. The third-order valence-corrected chi connectivity index (χ3v) is 6.07. The molecule has 3 heterocycles. The van der Waals surface area contributed by atoms with Gasteiger partial charge in [0.1, 0.15) is 0 Å². The van der Waals surface area contributed by atoms with E-state index in [2.05, 4.69) is 41.7 Å². The number of nitrogens with zero attached hydrogens (tertiary/aromatic N) is 2. The van der Waals surface area contributed by atoms with Crippen molar-refractivity contribution in [2.45, 2.75) is 31.7 Å². The van der Waals surface area contributed by atoms with Gasteiger partial charge in [0.2, 0.25) is 5.76 Å². The zero-order valence-electron chi connectivity index (χ0n) is 14.9. The molecular weight excluding hydrogens is 350 g/mol. The monoisotopic (exact) mass is 373 g/mol. The van der Waals surface area contributed by atoms with E-state index < -0.39 is 0 Å². The van der Waals surface area contributed by atoms with Crippen LogP contribution in [0.4, 0.5) is 0 Å². The first-order chi connectivity index (χ1) is 12.2. The molecule has 3 aliphatic rings. The fourth-order valence-electron chi connectivity index (χ4n) is 4.55. The van der Waals surface area contributed by atoms with Crippen molar-refractivity contribution in [1.82, 2.24) is 15.4 Å². The third-order valence-electron chi connectivity index (χ3n) is 6.07. The molecule has 2 aromatic rings. The lowest BCUT2D eigenvalue weighted by molar-refractivity contribution is 0.0671. The molecule has 138 valence electrons. The lowest BCUT2D eigenvalue weighted by atomic mass is 9.87. The van der Waals surface area contributed by atoms with Crippen molar-refractivity contribution in [2.75, 3.05) is 19.6 Å². The number of hydrogen-bond acceptors (Lipinski definition) is 4. The summed E-state index contributed by atoms with van der Waals surface area (Å²) in [4.78, 5) is 15.2. The van der Waals surface area contributed by atoms with Crippen LogP contribution in [0.1, 0.15) is 52.2 Å². The number of benzene rings is 1. The van der Waals surface area contributed by atoms with E-state index in [9.17, 15) is 4.79 Å². The molecule has 5 nitrogen and oxygen atoms in total. The van der Waals surface area contributed by atoms with Gasteiger partial charge in [-0.2, -0.15) is 0 Å². The smallest absolute Gasteiger partial charge is 0.293 e. The van der Waals surface area contributed by atoms with E-state index in [1.54, 1.807) is 0 Å². The van der Waals surface area contributed by atoms with E-state index in [4.69, 9.17) is 4.52 Å². The van der Waals surface area contributed by atoms with Crippen molar-refractivity contribution >= 4 is 18.3 Å². The fraction of sp³-hybridized carbons (Fsp3) is 0.500. The van der Waals surface area contributed by atoms with E-state index in [1.807, 2.05) is 11.0 Å². The molecule has 3 atom stereocenters. The van der Waals surface area contributed by atoms with Crippen LogP contribution in [0.25, 0.3) is 0 Å². The van der Waals surface area contributed by atoms with Crippen molar-refractivity contribution in [3.05, 3.63) is 52.9 Å². The molecule has 1 amide bonds. The van der Waals surface area contributed by atoms with Crippen LogP contribution in [-0.2, 0) is 0 Å². The summed E-state index contributed by atoms with van der Waals surface area (Å²) in [5, 5.41) is 7.62. The Labute approximate surface area is 159 Å². The largest absolute Gasteiger partial charge is 0.351 e. The van der Waals surface area contributed by atoms with E-state index in [0.29, 0.717) is 23.5 Å². The molecular formula is C20H24ClN3O2. The predicted octanol–water partition coefficient (Wildman–Crippen LogP) is 3.31. The molecule has 1 saturated carbocycles. The van der Waals surface area contributed by atoms with Crippen LogP contribution in [0.3, 0.4) is 0 Å². The maximum absolute atomic E-state index is 13.2. The van der Waals surface area contributed by atoms with Crippen molar-refractivity contribution in [1.29, 1.82) is 0 Å². The lowest BCUT2D eigenvalue weighted by Crippen LogP contribution is -2.34. The van der Waals surface area contributed by atoms with Crippen LogP contribution in [0.15, 0.2) is 34.9 Å². The molecule has 0 bridgehead atoms. The highest BCUT2D eigenvalue weighted by atomic mass is 35.5. The number of rotatable bonds is 3. The van der Waals surface area contributed by atoms with Crippen LogP contribution in [-0.4, -0.2) is 35.6 Å². The van der Waals surface area contributed by atoms with Crippen LogP contribution in [0.2, 0.25) is 0 Å². The quantitative estimate of drug-likeness (QED) is 0.896. The summed E-state index contributed by atoms with van der Waals surface area (Å²) >= 11 is 0. The summed E-state index contributed by atoms with van der Waals surface area (Å²) < 4.78 is 5.42. The highest BCUT2D eigenvalue weighted by molar-refractivity contribution is 5.92. The van der Waals surface area contributed by atoms with Gasteiger partial charge in [0.15, 0.2) is 0 Å². The SMILES string of the molecule is Cc1ccccc1[C@@H]1[C@H]2CNC[C@H]2CN1C(=O)c1cc(C2CC2)no1.Cl. The Morgan fingerprint density at radius 2 is 2.08 bits per heavy atom. The normalized spacial score (nSPS) is 27.3. The Bertz CT molecular complexity index is 817. The first-order valence-corrected chi connectivity index (χ1v) is 9.26. The minimum Gasteiger partial charge on any atom is -0.351 e. The number of hydrogen-bond donors (Lipinski definition) is 1. The summed E-state index contributed by atoms with van der Waals surface area (Å²) in [6.45, 7) is 4.88. The first kappa shape index (κ1) is 17.6. The molecule has 0 unspecified atom stereocenters. The van der Waals surface area contributed by atoms with Gasteiger partial charge < -0.3 is 14.7 Å². The molecule has 6 heteroatoms. The standard InChI is InChI=1S/C20H23N3O2.ClH/c1-12-4-2-3-5-15(12)19-16-10-21-9-14(16)11-23(19)20(24)18-8-17(22-25-18)13-6-7-13;/h2-5,8,13-14,16,19,21H,6-7,9-11H2,1H3;1H/t14-,16-,19+;/m0./s1. The molecule has 2 aliphatic heterocycles. The molecule has 26 heavy (non-hydrogen) atoms. The fourth-order valence-corrected chi connectivity index (χ4v) is 4.55. The number of amides is 1. The van der Waals surface area contributed by atoms with Crippen LogP contribution in [0, 0.1) is 18.8 Å². The Balaban J connectivity index is 0.00000168. The van der Waals surface area contributed by atoms with Gasteiger partial charge in [0.05, 0.1) is 11.7 Å². The maximum Gasteiger partial charge on any atom is 0.293 e. The zero-order valence-corrected chi connectivity index (χ0v) is 15.7. The van der Waals surface area contributed by atoms with Gasteiger partial charge in [-0.15, -0.1) is 12.4 Å². The van der Waals surface area contributed by atoms with Crippen molar-refractivity contribution in [3.63, 3.8) is 0 Å². The van der Waals surface area contributed by atoms with Gasteiger partial charge in [0, 0.05) is 37.5 Å². The summed E-state index contributed by atoms with van der Waals surface area (Å²) in [6, 6.07) is 10.4. The highest BCUT2D eigenvalue weighted by Gasteiger charge is 2.48. The van der Waals surface area contributed by atoms with Crippen molar-refractivity contribution < 1.29 is 9.32 Å². The second-order valence-electron chi connectivity index (χ2n) is 7.73. The summed E-state index contributed by atoms with van der Waals surface area (Å²) in [6.07, 6.45) is 2.32. The number of likely N-dealkylation sites (tertiary alicyclic amines) is 1. The van der Waals surface area contributed by atoms with Crippen LogP contribution >= 0.6 is 12.4 Å². The molecule has 0 spiro atoms. The summed E-state index contributed by atoms with van der Waals surface area (Å²) in [5.74, 6) is 1.87. The number of nitrogens with one attached hydrogen (secondary N) is 1. The second-order valence-corrected chi connectivity index (χ2v) is 7.73.